The summed E-state index contributed by atoms with van der Waals surface area (Å²) in [6.07, 6.45) is 3.70. The van der Waals surface area contributed by atoms with E-state index < -0.39 is 53.8 Å². The molecule has 4 amide bonds. The molecular weight excluding hydrogens is 809 g/mol. The Bertz CT molecular complexity index is 2100. The van der Waals surface area contributed by atoms with E-state index in [2.05, 4.69) is 22.9 Å². The highest BCUT2D eigenvalue weighted by Crippen LogP contribution is 2.29. The van der Waals surface area contributed by atoms with Crippen molar-refractivity contribution in [1.82, 2.24) is 21.0 Å². The van der Waals surface area contributed by atoms with Crippen LogP contribution in [0.5, 0.6) is 5.75 Å². The predicted molar refractivity (Wildman–Crippen MR) is 235 cm³/mol. The molecule has 15 nitrogen and oxygen atoms in total. The smallest absolute Gasteiger partial charge is 0.329 e. The molecule has 0 aliphatic heterocycles. The van der Waals surface area contributed by atoms with E-state index >= 15 is 0 Å². The van der Waals surface area contributed by atoms with Crippen molar-refractivity contribution in [3.8, 4) is 17.1 Å². The summed E-state index contributed by atoms with van der Waals surface area (Å²) in [7, 11) is 0. The van der Waals surface area contributed by atoms with E-state index in [-0.39, 0.29) is 49.5 Å². The number of hydroxylamine groups is 2. The average Bonchev–Trinajstić information content (AvgIpc) is 3.77. The second-order valence-electron chi connectivity index (χ2n) is 15.8. The Labute approximate surface area is 369 Å². The highest BCUT2D eigenvalue weighted by atomic mass is 16.7. The number of ether oxygens (including phenoxy) is 3. The van der Waals surface area contributed by atoms with Gasteiger partial charge in [-0.3, -0.25) is 28.8 Å². The van der Waals surface area contributed by atoms with Crippen molar-refractivity contribution in [2.45, 2.75) is 111 Å². The van der Waals surface area contributed by atoms with E-state index in [9.17, 15) is 28.8 Å². The summed E-state index contributed by atoms with van der Waals surface area (Å²) in [6, 6.07) is 24.1. The molecule has 15 heteroatoms. The Balaban J connectivity index is 1.44. The molecule has 63 heavy (non-hydrogen) atoms. The average molecular weight is 869 g/mol. The number of hydrogen-bond acceptors (Lipinski definition) is 11. The minimum atomic E-state index is -1.38. The number of furan rings is 1. The number of hydrogen-bond donors (Lipinski definition) is 3. The van der Waals surface area contributed by atoms with Gasteiger partial charge in [0.2, 0.25) is 12.3 Å². The number of benzene rings is 3. The lowest BCUT2D eigenvalue weighted by Crippen LogP contribution is -2.48. The van der Waals surface area contributed by atoms with Crippen LogP contribution in [0.25, 0.3) is 11.3 Å². The van der Waals surface area contributed by atoms with Gasteiger partial charge in [0, 0.05) is 11.1 Å². The summed E-state index contributed by atoms with van der Waals surface area (Å²) in [6.45, 7) is 10.9. The highest BCUT2D eigenvalue weighted by molar-refractivity contribution is 5.99. The molecule has 1 aromatic heterocycles. The molecule has 0 radical (unpaired) electrons. The van der Waals surface area contributed by atoms with Crippen LogP contribution in [-0.2, 0) is 46.7 Å². The van der Waals surface area contributed by atoms with Crippen LogP contribution in [0.1, 0.15) is 112 Å². The predicted octanol–water partition coefficient (Wildman–Crippen LogP) is 7.29. The SMILES string of the molecule is CCCCC[C@@H](C(=O)NCNC(=O)c1ccc(-c2cc(OCC)cc(C(=O)N[C@@H](CC(=O)OCc3ccccc3)C(=O)OC(C)(C)C)c2)o1)[C@@H](CC)N(C=O)OCc1ccccc1. The first-order valence-electron chi connectivity index (χ1n) is 21.3. The summed E-state index contributed by atoms with van der Waals surface area (Å²) in [5.74, 6) is -3.35. The van der Waals surface area contributed by atoms with Gasteiger partial charge in [0.05, 0.1) is 31.7 Å². The standard InChI is InChI=1S/C48H60N4O11/c1-7-10-13-22-38(40(8-2)52(32-53)61-30-34-20-16-12-17-21-34)45(56)49-31-50-46(57)42-24-23-41(62-42)35-25-36(27-37(26-35)59-9-3)44(55)51-39(47(58)63-48(4,5)6)28-43(54)60-29-33-18-14-11-15-19-33/h11-12,14-21,23-27,32,38-40H,7-10,13,22,28-31H2,1-6H3,(H,49,56)(H,50,57)(H,51,55)/t38-,39+,40-/m1/s1. The third kappa shape index (κ3) is 16.1. The Morgan fingerprint density at radius 3 is 2.11 bits per heavy atom. The zero-order chi connectivity index (χ0) is 45.8. The normalized spacial score (nSPS) is 12.5. The Hall–Kier alpha value is -6.48. The topological polar surface area (TPSA) is 192 Å². The van der Waals surface area contributed by atoms with Gasteiger partial charge in [0.15, 0.2) is 5.76 Å². The summed E-state index contributed by atoms with van der Waals surface area (Å²) >= 11 is 0. The fourth-order valence-corrected chi connectivity index (χ4v) is 6.62. The highest BCUT2D eigenvalue weighted by Gasteiger charge is 2.33. The second-order valence-corrected chi connectivity index (χ2v) is 15.8. The summed E-state index contributed by atoms with van der Waals surface area (Å²) in [5.41, 5.74) is 1.18. The van der Waals surface area contributed by atoms with Crippen molar-refractivity contribution in [1.29, 1.82) is 0 Å². The lowest BCUT2D eigenvalue weighted by atomic mass is 9.90. The molecule has 0 saturated heterocycles. The first kappa shape index (κ1) is 49.2. The van der Waals surface area contributed by atoms with E-state index in [0.29, 0.717) is 30.6 Å². The molecule has 0 aliphatic rings. The molecule has 3 N–H and O–H groups in total. The van der Waals surface area contributed by atoms with Gasteiger partial charge in [-0.1, -0.05) is 93.8 Å². The van der Waals surface area contributed by atoms with Crippen molar-refractivity contribution >= 4 is 36.1 Å². The first-order chi connectivity index (χ1) is 30.2. The van der Waals surface area contributed by atoms with Crippen LogP contribution in [0.3, 0.4) is 0 Å². The molecule has 0 bridgehead atoms. The van der Waals surface area contributed by atoms with Crippen molar-refractivity contribution in [3.63, 3.8) is 0 Å². The molecule has 338 valence electrons. The van der Waals surface area contributed by atoms with Crippen molar-refractivity contribution in [3.05, 3.63) is 113 Å². The Morgan fingerprint density at radius 1 is 0.810 bits per heavy atom. The second kappa shape index (κ2) is 24.8. The van der Waals surface area contributed by atoms with Crippen LogP contribution in [-0.4, -0.2) is 72.1 Å². The fourth-order valence-electron chi connectivity index (χ4n) is 6.62. The summed E-state index contributed by atoms with van der Waals surface area (Å²) in [5, 5.41) is 9.27. The maximum Gasteiger partial charge on any atom is 0.329 e. The van der Waals surface area contributed by atoms with E-state index in [1.807, 2.05) is 55.5 Å². The van der Waals surface area contributed by atoms with Crippen LogP contribution >= 0.6 is 0 Å². The minimum Gasteiger partial charge on any atom is -0.494 e. The third-order valence-electron chi connectivity index (χ3n) is 9.71. The van der Waals surface area contributed by atoms with Gasteiger partial charge in [0.1, 0.15) is 36.4 Å². The van der Waals surface area contributed by atoms with Crippen LogP contribution in [0.2, 0.25) is 0 Å². The number of esters is 2. The number of nitrogens with one attached hydrogen (secondary N) is 3. The summed E-state index contributed by atoms with van der Waals surface area (Å²) < 4.78 is 22.6. The number of nitrogens with zero attached hydrogens (tertiary/aromatic N) is 1. The molecule has 0 unspecified atom stereocenters. The summed E-state index contributed by atoms with van der Waals surface area (Å²) in [4.78, 5) is 84.8. The largest absolute Gasteiger partial charge is 0.494 e. The van der Waals surface area contributed by atoms with Gasteiger partial charge < -0.3 is 34.6 Å². The molecule has 3 aromatic carbocycles. The van der Waals surface area contributed by atoms with E-state index in [1.165, 1.54) is 23.3 Å². The van der Waals surface area contributed by atoms with Crippen LogP contribution in [0, 0.1) is 5.92 Å². The Kier molecular flexibility index (Phi) is 19.4. The van der Waals surface area contributed by atoms with Crippen LogP contribution < -0.4 is 20.7 Å². The van der Waals surface area contributed by atoms with Gasteiger partial charge in [-0.15, -0.1) is 0 Å². The maximum atomic E-state index is 13.8. The zero-order valence-electron chi connectivity index (χ0n) is 37.0. The van der Waals surface area contributed by atoms with Gasteiger partial charge >= 0.3 is 11.9 Å². The third-order valence-corrected chi connectivity index (χ3v) is 9.71. The molecule has 4 aromatic rings. The maximum absolute atomic E-state index is 13.8. The monoisotopic (exact) mass is 868 g/mol. The van der Waals surface area contributed by atoms with Gasteiger partial charge in [-0.25, -0.2) is 9.86 Å². The first-order valence-corrected chi connectivity index (χ1v) is 21.3. The van der Waals surface area contributed by atoms with Crippen LogP contribution in [0.15, 0.2) is 95.4 Å². The van der Waals surface area contributed by atoms with Crippen molar-refractivity contribution < 1.29 is 52.2 Å². The minimum absolute atomic E-state index is 0.0156. The van der Waals surface area contributed by atoms with Gasteiger partial charge in [-0.05, 0) is 82.0 Å². The van der Waals surface area contributed by atoms with E-state index in [1.54, 1.807) is 52.0 Å². The number of carbonyl (C=O) groups is 6. The molecule has 3 atom stereocenters. The molecule has 0 fully saturated rings. The van der Waals surface area contributed by atoms with Crippen molar-refractivity contribution in [2.24, 2.45) is 5.92 Å². The number of unbranched alkanes of at least 4 members (excludes halogenated alkanes) is 2. The van der Waals surface area contributed by atoms with Crippen LogP contribution in [0.4, 0.5) is 0 Å². The van der Waals surface area contributed by atoms with E-state index in [4.69, 9.17) is 23.5 Å². The lowest BCUT2D eigenvalue weighted by molar-refractivity contribution is -0.200. The Morgan fingerprint density at radius 2 is 1.49 bits per heavy atom. The fraction of sp³-hybridized carbons (Fsp3) is 0.417. The molecular formula is C48H60N4O11. The zero-order valence-corrected chi connectivity index (χ0v) is 37.0. The molecule has 0 aliphatic carbocycles. The lowest BCUT2D eigenvalue weighted by Gasteiger charge is -2.32. The molecule has 0 saturated carbocycles. The van der Waals surface area contributed by atoms with Gasteiger partial charge in [0.25, 0.3) is 11.8 Å². The number of carbonyl (C=O) groups excluding carboxylic acids is 6. The number of amides is 4. The molecule has 1 heterocycles. The van der Waals surface area contributed by atoms with Gasteiger partial charge in [-0.2, -0.15) is 0 Å². The molecule has 0 spiro atoms. The number of rotatable bonds is 25. The molecule has 4 rings (SSSR count). The van der Waals surface area contributed by atoms with Crippen molar-refractivity contribution in [2.75, 3.05) is 13.3 Å². The van der Waals surface area contributed by atoms with E-state index in [0.717, 1.165) is 30.4 Å². The quantitative estimate of drug-likeness (QED) is 0.0199.